The Morgan fingerprint density at radius 1 is 1.45 bits per heavy atom. The molecule has 0 unspecified atom stereocenters. The zero-order valence-electron chi connectivity index (χ0n) is 11.8. The van der Waals surface area contributed by atoms with E-state index in [0.29, 0.717) is 22.1 Å². The highest BCUT2D eigenvalue weighted by Gasteiger charge is 2.18. The lowest BCUT2D eigenvalue weighted by atomic mass is 10.2. The fourth-order valence-electron chi connectivity index (χ4n) is 2.18. The van der Waals surface area contributed by atoms with Crippen LogP contribution >= 0.6 is 22.9 Å². The molecule has 0 bridgehead atoms. The highest BCUT2D eigenvalue weighted by atomic mass is 35.5. The van der Waals surface area contributed by atoms with Gasteiger partial charge in [-0.1, -0.05) is 24.6 Å². The molecule has 0 aliphatic carbocycles. The summed E-state index contributed by atoms with van der Waals surface area (Å²) in [7, 11) is 0. The van der Waals surface area contributed by atoms with E-state index in [1.54, 1.807) is 23.1 Å². The SMILES string of the molecule is CCc1c(C(=O)Nc2nccs2)cnn1-c1cccc(Cl)c1. The van der Waals surface area contributed by atoms with Crippen molar-refractivity contribution in [1.29, 1.82) is 0 Å². The number of benzene rings is 1. The zero-order valence-corrected chi connectivity index (χ0v) is 13.4. The number of halogens is 1. The number of hydrogen-bond donors (Lipinski definition) is 1. The highest BCUT2D eigenvalue weighted by Crippen LogP contribution is 2.20. The molecule has 0 aliphatic rings. The van der Waals surface area contributed by atoms with Gasteiger partial charge in [-0.3, -0.25) is 10.1 Å². The first kappa shape index (κ1) is 14.7. The summed E-state index contributed by atoms with van der Waals surface area (Å²) in [6.07, 6.45) is 3.90. The molecule has 0 atom stereocenters. The summed E-state index contributed by atoms with van der Waals surface area (Å²) >= 11 is 7.40. The summed E-state index contributed by atoms with van der Waals surface area (Å²) in [6, 6.07) is 7.38. The number of aromatic nitrogens is 3. The number of amides is 1. The lowest BCUT2D eigenvalue weighted by molar-refractivity contribution is 0.102. The van der Waals surface area contributed by atoms with Crippen molar-refractivity contribution >= 4 is 34.0 Å². The number of carbonyl (C=O) groups excluding carboxylic acids is 1. The minimum absolute atomic E-state index is 0.208. The number of anilines is 1. The number of carbonyl (C=O) groups is 1. The molecule has 1 amide bonds. The maximum Gasteiger partial charge on any atom is 0.260 e. The Morgan fingerprint density at radius 3 is 3.00 bits per heavy atom. The second kappa shape index (κ2) is 6.29. The van der Waals surface area contributed by atoms with Crippen LogP contribution in [0, 0.1) is 0 Å². The van der Waals surface area contributed by atoms with Crippen molar-refractivity contribution in [2.75, 3.05) is 5.32 Å². The van der Waals surface area contributed by atoms with Crippen molar-refractivity contribution in [3.8, 4) is 5.69 Å². The molecule has 0 fully saturated rings. The fourth-order valence-corrected chi connectivity index (χ4v) is 2.89. The molecular formula is C15H13ClN4OS. The Balaban J connectivity index is 1.95. The van der Waals surface area contributed by atoms with E-state index in [0.717, 1.165) is 11.4 Å². The first-order chi connectivity index (χ1) is 10.7. The molecular weight excluding hydrogens is 320 g/mol. The van der Waals surface area contributed by atoms with Gasteiger partial charge in [0.1, 0.15) is 0 Å². The monoisotopic (exact) mass is 332 g/mol. The first-order valence-corrected chi connectivity index (χ1v) is 7.98. The Hall–Kier alpha value is -2.18. The van der Waals surface area contributed by atoms with Gasteiger partial charge in [0.15, 0.2) is 5.13 Å². The first-order valence-electron chi connectivity index (χ1n) is 6.72. The van der Waals surface area contributed by atoms with Crippen molar-refractivity contribution in [3.63, 3.8) is 0 Å². The van der Waals surface area contributed by atoms with Crippen molar-refractivity contribution in [3.05, 3.63) is 58.3 Å². The molecule has 0 saturated heterocycles. The van der Waals surface area contributed by atoms with Gasteiger partial charge in [0.25, 0.3) is 5.91 Å². The van der Waals surface area contributed by atoms with E-state index in [1.807, 2.05) is 30.5 Å². The van der Waals surface area contributed by atoms with E-state index >= 15 is 0 Å². The van der Waals surface area contributed by atoms with Crippen LogP contribution in [0.3, 0.4) is 0 Å². The summed E-state index contributed by atoms with van der Waals surface area (Å²) in [5.41, 5.74) is 2.20. The smallest absolute Gasteiger partial charge is 0.260 e. The summed E-state index contributed by atoms with van der Waals surface area (Å²) < 4.78 is 1.74. The standard InChI is InChI=1S/C15H13ClN4OS/c1-2-13-12(14(21)19-15-17-6-7-22-15)9-18-20(13)11-5-3-4-10(16)8-11/h3-9H,2H2,1H3,(H,17,19,21). The van der Waals surface area contributed by atoms with Gasteiger partial charge < -0.3 is 0 Å². The average Bonchev–Trinajstić information content (AvgIpc) is 3.15. The molecule has 7 heteroatoms. The normalized spacial score (nSPS) is 10.6. The number of thiazole rings is 1. The maximum absolute atomic E-state index is 12.4. The molecule has 0 radical (unpaired) electrons. The van der Waals surface area contributed by atoms with Crippen molar-refractivity contribution in [1.82, 2.24) is 14.8 Å². The number of hydrogen-bond acceptors (Lipinski definition) is 4. The molecule has 112 valence electrons. The van der Waals surface area contributed by atoms with Gasteiger partial charge in [-0.25, -0.2) is 9.67 Å². The van der Waals surface area contributed by atoms with E-state index in [4.69, 9.17) is 11.6 Å². The van der Waals surface area contributed by atoms with Crippen LogP contribution in [0.25, 0.3) is 5.69 Å². The van der Waals surface area contributed by atoms with Crippen LogP contribution in [-0.4, -0.2) is 20.7 Å². The molecule has 2 heterocycles. The minimum atomic E-state index is -0.208. The van der Waals surface area contributed by atoms with Crippen LogP contribution < -0.4 is 5.32 Å². The predicted octanol–water partition coefficient (Wildman–Crippen LogP) is 3.80. The Kier molecular flexibility index (Phi) is 4.22. The van der Waals surface area contributed by atoms with Gasteiger partial charge >= 0.3 is 0 Å². The molecule has 3 aromatic rings. The van der Waals surface area contributed by atoms with E-state index in [9.17, 15) is 4.79 Å². The topological polar surface area (TPSA) is 59.8 Å². The van der Waals surface area contributed by atoms with Gasteiger partial charge in [-0.2, -0.15) is 5.10 Å². The number of rotatable bonds is 4. The average molecular weight is 333 g/mol. The maximum atomic E-state index is 12.4. The Labute approximate surface area is 136 Å². The molecule has 5 nitrogen and oxygen atoms in total. The highest BCUT2D eigenvalue weighted by molar-refractivity contribution is 7.13. The lowest BCUT2D eigenvalue weighted by Crippen LogP contribution is -2.14. The Morgan fingerprint density at radius 2 is 2.32 bits per heavy atom. The van der Waals surface area contributed by atoms with Crippen LogP contribution in [0.4, 0.5) is 5.13 Å². The third-order valence-electron chi connectivity index (χ3n) is 3.15. The number of nitrogens with one attached hydrogen (secondary N) is 1. The van der Waals surface area contributed by atoms with E-state index < -0.39 is 0 Å². The molecule has 1 aromatic carbocycles. The molecule has 0 saturated carbocycles. The third kappa shape index (κ3) is 2.88. The fraction of sp³-hybridized carbons (Fsp3) is 0.133. The largest absolute Gasteiger partial charge is 0.298 e. The lowest BCUT2D eigenvalue weighted by Gasteiger charge is -2.08. The van der Waals surface area contributed by atoms with Crippen LogP contribution in [0.5, 0.6) is 0 Å². The van der Waals surface area contributed by atoms with Crippen molar-refractivity contribution in [2.24, 2.45) is 0 Å². The van der Waals surface area contributed by atoms with E-state index in [-0.39, 0.29) is 5.91 Å². The van der Waals surface area contributed by atoms with Gasteiger partial charge in [0, 0.05) is 16.6 Å². The van der Waals surface area contributed by atoms with Gasteiger partial charge in [0.2, 0.25) is 0 Å². The number of nitrogens with zero attached hydrogens (tertiary/aromatic N) is 3. The summed E-state index contributed by atoms with van der Waals surface area (Å²) in [5, 5.41) is 10.1. The van der Waals surface area contributed by atoms with E-state index in [2.05, 4.69) is 15.4 Å². The quantitative estimate of drug-likeness (QED) is 0.790. The zero-order chi connectivity index (χ0) is 15.5. The van der Waals surface area contributed by atoms with Crippen LogP contribution in [0.2, 0.25) is 5.02 Å². The van der Waals surface area contributed by atoms with Crippen molar-refractivity contribution in [2.45, 2.75) is 13.3 Å². The molecule has 1 N–H and O–H groups in total. The Bertz CT molecular complexity index is 798. The second-order valence-electron chi connectivity index (χ2n) is 4.54. The van der Waals surface area contributed by atoms with Crippen LogP contribution in [0.15, 0.2) is 42.0 Å². The molecule has 3 rings (SSSR count). The summed E-state index contributed by atoms with van der Waals surface area (Å²) in [6.45, 7) is 1.98. The van der Waals surface area contributed by atoms with Crippen molar-refractivity contribution < 1.29 is 4.79 Å². The molecule has 0 aliphatic heterocycles. The van der Waals surface area contributed by atoms with E-state index in [1.165, 1.54) is 11.3 Å². The van der Waals surface area contributed by atoms with Gasteiger partial charge in [-0.15, -0.1) is 11.3 Å². The van der Waals surface area contributed by atoms with Gasteiger partial charge in [0.05, 0.1) is 23.1 Å². The molecule has 2 aromatic heterocycles. The molecule has 22 heavy (non-hydrogen) atoms. The third-order valence-corrected chi connectivity index (χ3v) is 4.08. The summed E-state index contributed by atoms with van der Waals surface area (Å²) in [5.74, 6) is -0.208. The predicted molar refractivity (Wildman–Crippen MR) is 88.0 cm³/mol. The van der Waals surface area contributed by atoms with Crippen LogP contribution in [-0.2, 0) is 6.42 Å². The minimum Gasteiger partial charge on any atom is -0.298 e. The van der Waals surface area contributed by atoms with Gasteiger partial charge in [-0.05, 0) is 24.6 Å². The second-order valence-corrected chi connectivity index (χ2v) is 5.87. The molecule has 0 spiro atoms. The van der Waals surface area contributed by atoms with Crippen LogP contribution in [0.1, 0.15) is 23.0 Å². The summed E-state index contributed by atoms with van der Waals surface area (Å²) in [4.78, 5) is 16.4.